The third-order valence-electron chi connectivity index (χ3n) is 3.97. The Labute approximate surface area is 103 Å². The molecule has 1 aliphatic heterocycles. The molecular weight excluding hydrogens is 216 g/mol. The maximum atomic E-state index is 12.2. The second kappa shape index (κ2) is 5.17. The fourth-order valence-corrected chi connectivity index (χ4v) is 2.79. The van der Waals surface area contributed by atoms with E-state index < -0.39 is 0 Å². The van der Waals surface area contributed by atoms with Crippen LogP contribution in [0.25, 0.3) is 0 Å². The number of likely N-dealkylation sites (tertiary alicyclic amines) is 1. The Morgan fingerprint density at radius 2 is 2.00 bits per heavy atom. The predicted molar refractivity (Wildman–Crippen MR) is 65.4 cm³/mol. The lowest BCUT2D eigenvalue weighted by Crippen LogP contribution is -2.45. The second-order valence-corrected chi connectivity index (χ2v) is 5.27. The number of nitrogens with one attached hydrogen (secondary N) is 1. The van der Waals surface area contributed by atoms with Crippen LogP contribution >= 0.6 is 0 Å². The highest BCUT2D eigenvalue weighted by Gasteiger charge is 2.42. The Hall–Kier alpha value is -0.900. The minimum Gasteiger partial charge on any atom is -0.303 e. The van der Waals surface area contributed by atoms with E-state index in [1.165, 1.54) is 4.90 Å². The minimum absolute atomic E-state index is 0.00204. The zero-order chi connectivity index (χ0) is 12.4. The number of carbonyl (C=O) groups excluding carboxylic acids is 2. The van der Waals surface area contributed by atoms with Crippen LogP contribution in [0.2, 0.25) is 0 Å². The maximum absolute atomic E-state index is 12.2. The third-order valence-corrected chi connectivity index (χ3v) is 3.97. The zero-order valence-electron chi connectivity index (χ0n) is 10.7. The minimum atomic E-state index is -0.280. The Morgan fingerprint density at radius 1 is 1.35 bits per heavy atom. The van der Waals surface area contributed by atoms with Crippen molar-refractivity contribution in [3.05, 3.63) is 0 Å². The van der Waals surface area contributed by atoms with E-state index in [1.54, 1.807) is 0 Å². The molecule has 2 amide bonds. The predicted octanol–water partition coefficient (Wildman–Crippen LogP) is 1.44. The Bertz CT molecular complexity index is 311. The van der Waals surface area contributed by atoms with Gasteiger partial charge >= 0.3 is 0 Å². The number of hydrogen-bond acceptors (Lipinski definition) is 3. The summed E-state index contributed by atoms with van der Waals surface area (Å²) in [5, 5.41) is 3.25. The summed E-state index contributed by atoms with van der Waals surface area (Å²) < 4.78 is 0. The van der Waals surface area contributed by atoms with Crippen LogP contribution in [0.5, 0.6) is 0 Å². The Kier molecular flexibility index (Phi) is 3.82. The first-order chi connectivity index (χ1) is 8.13. The lowest BCUT2D eigenvalue weighted by Gasteiger charge is -2.23. The molecule has 2 rings (SSSR count). The highest BCUT2D eigenvalue weighted by atomic mass is 16.2. The van der Waals surface area contributed by atoms with Crippen molar-refractivity contribution in [2.24, 2.45) is 0 Å². The molecule has 1 saturated heterocycles. The SMILES string of the molecule is CCC(C)NC1CC(=O)N(C2CCCC2)C1=O. The third kappa shape index (κ3) is 2.51. The van der Waals surface area contributed by atoms with Gasteiger partial charge in [0.05, 0.1) is 12.5 Å². The summed E-state index contributed by atoms with van der Waals surface area (Å²) in [7, 11) is 0. The standard InChI is InChI=1S/C13H22N2O2/c1-3-9(2)14-11-8-12(16)15(13(11)17)10-6-4-5-7-10/h9-11,14H,3-8H2,1-2H3. The molecule has 2 aliphatic rings. The van der Waals surface area contributed by atoms with Crippen molar-refractivity contribution in [3.8, 4) is 0 Å². The summed E-state index contributed by atoms with van der Waals surface area (Å²) in [6, 6.07) is 0.192. The summed E-state index contributed by atoms with van der Waals surface area (Å²) in [6.45, 7) is 4.13. The molecule has 0 aromatic carbocycles. The average molecular weight is 238 g/mol. The van der Waals surface area contributed by atoms with Gasteiger partial charge in [-0.2, -0.15) is 0 Å². The van der Waals surface area contributed by atoms with Crippen molar-refractivity contribution in [1.29, 1.82) is 0 Å². The molecule has 1 heterocycles. The molecule has 4 nitrogen and oxygen atoms in total. The summed E-state index contributed by atoms with van der Waals surface area (Å²) in [5.41, 5.74) is 0. The summed E-state index contributed by atoms with van der Waals surface area (Å²) in [6.07, 6.45) is 5.60. The van der Waals surface area contributed by atoms with Gasteiger partial charge in [-0.25, -0.2) is 0 Å². The Balaban J connectivity index is 2.00. The first kappa shape index (κ1) is 12.6. The van der Waals surface area contributed by atoms with Crippen molar-refractivity contribution >= 4 is 11.8 Å². The number of nitrogens with zero attached hydrogens (tertiary/aromatic N) is 1. The van der Waals surface area contributed by atoms with Gasteiger partial charge in [-0.05, 0) is 26.2 Å². The van der Waals surface area contributed by atoms with Crippen LogP contribution in [0.3, 0.4) is 0 Å². The molecule has 1 saturated carbocycles. The molecular formula is C13H22N2O2. The van der Waals surface area contributed by atoms with Gasteiger partial charge in [0.15, 0.2) is 0 Å². The van der Waals surface area contributed by atoms with Gasteiger partial charge in [-0.1, -0.05) is 19.8 Å². The van der Waals surface area contributed by atoms with Crippen LogP contribution in [0.1, 0.15) is 52.4 Å². The van der Waals surface area contributed by atoms with E-state index in [0.29, 0.717) is 12.5 Å². The summed E-state index contributed by atoms with van der Waals surface area (Å²) >= 11 is 0. The van der Waals surface area contributed by atoms with Crippen LogP contribution in [-0.2, 0) is 9.59 Å². The van der Waals surface area contributed by atoms with E-state index in [0.717, 1.165) is 32.1 Å². The molecule has 17 heavy (non-hydrogen) atoms. The van der Waals surface area contributed by atoms with E-state index in [-0.39, 0.29) is 23.9 Å². The molecule has 4 heteroatoms. The fraction of sp³-hybridized carbons (Fsp3) is 0.846. The molecule has 96 valence electrons. The zero-order valence-corrected chi connectivity index (χ0v) is 10.7. The molecule has 1 aliphatic carbocycles. The van der Waals surface area contributed by atoms with Gasteiger partial charge in [0.1, 0.15) is 0 Å². The lowest BCUT2D eigenvalue weighted by atomic mass is 10.2. The quantitative estimate of drug-likeness (QED) is 0.754. The highest BCUT2D eigenvalue weighted by molar-refractivity contribution is 6.05. The molecule has 0 bridgehead atoms. The van der Waals surface area contributed by atoms with Gasteiger partial charge in [-0.15, -0.1) is 0 Å². The monoisotopic (exact) mass is 238 g/mol. The van der Waals surface area contributed by atoms with E-state index in [9.17, 15) is 9.59 Å². The Morgan fingerprint density at radius 3 is 2.59 bits per heavy atom. The molecule has 0 radical (unpaired) electrons. The molecule has 0 aromatic heterocycles. The molecule has 0 spiro atoms. The van der Waals surface area contributed by atoms with Gasteiger partial charge in [-0.3, -0.25) is 14.5 Å². The molecule has 2 unspecified atom stereocenters. The van der Waals surface area contributed by atoms with E-state index >= 15 is 0 Å². The highest BCUT2D eigenvalue weighted by Crippen LogP contribution is 2.28. The maximum Gasteiger partial charge on any atom is 0.247 e. The number of hydrogen-bond donors (Lipinski definition) is 1. The number of rotatable bonds is 4. The van der Waals surface area contributed by atoms with Crippen molar-refractivity contribution < 1.29 is 9.59 Å². The van der Waals surface area contributed by atoms with E-state index in [2.05, 4.69) is 19.2 Å². The number of amides is 2. The van der Waals surface area contributed by atoms with Crippen LogP contribution in [0.4, 0.5) is 0 Å². The molecule has 2 atom stereocenters. The molecule has 1 N–H and O–H groups in total. The van der Waals surface area contributed by atoms with Crippen molar-refractivity contribution in [3.63, 3.8) is 0 Å². The van der Waals surface area contributed by atoms with Crippen LogP contribution in [0.15, 0.2) is 0 Å². The van der Waals surface area contributed by atoms with Gasteiger partial charge in [0, 0.05) is 12.1 Å². The van der Waals surface area contributed by atoms with E-state index in [4.69, 9.17) is 0 Å². The van der Waals surface area contributed by atoms with Gasteiger partial charge in [0.2, 0.25) is 11.8 Å². The van der Waals surface area contributed by atoms with Crippen LogP contribution in [0, 0.1) is 0 Å². The second-order valence-electron chi connectivity index (χ2n) is 5.27. The lowest BCUT2D eigenvalue weighted by molar-refractivity contribution is -0.141. The van der Waals surface area contributed by atoms with Crippen LogP contribution < -0.4 is 5.32 Å². The largest absolute Gasteiger partial charge is 0.303 e. The van der Waals surface area contributed by atoms with Crippen LogP contribution in [-0.4, -0.2) is 34.8 Å². The van der Waals surface area contributed by atoms with Crippen molar-refractivity contribution in [1.82, 2.24) is 10.2 Å². The normalized spacial score (nSPS) is 28.1. The first-order valence-corrected chi connectivity index (χ1v) is 6.75. The van der Waals surface area contributed by atoms with E-state index in [1.807, 2.05) is 0 Å². The fourth-order valence-electron chi connectivity index (χ4n) is 2.79. The van der Waals surface area contributed by atoms with Crippen molar-refractivity contribution in [2.45, 2.75) is 70.5 Å². The number of carbonyl (C=O) groups is 2. The van der Waals surface area contributed by atoms with Gasteiger partial charge < -0.3 is 5.32 Å². The first-order valence-electron chi connectivity index (χ1n) is 6.75. The number of imide groups is 1. The van der Waals surface area contributed by atoms with Crippen molar-refractivity contribution in [2.75, 3.05) is 0 Å². The molecule has 2 fully saturated rings. The summed E-state index contributed by atoms with van der Waals surface area (Å²) in [5.74, 6) is 0.0184. The average Bonchev–Trinajstić information content (AvgIpc) is 2.88. The van der Waals surface area contributed by atoms with Gasteiger partial charge in [0.25, 0.3) is 0 Å². The smallest absolute Gasteiger partial charge is 0.247 e. The summed E-state index contributed by atoms with van der Waals surface area (Å²) in [4.78, 5) is 25.6. The molecule has 0 aromatic rings. The topological polar surface area (TPSA) is 49.4 Å².